The van der Waals surface area contributed by atoms with Gasteiger partial charge in [0, 0.05) is 44.7 Å². The maximum absolute atomic E-state index is 12.9. The molecule has 28 heavy (non-hydrogen) atoms. The Labute approximate surface area is 166 Å². The molecule has 7 nitrogen and oxygen atoms in total. The van der Waals surface area contributed by atoms with Crippen molar-refractivity contribution in [3.8, 4) is 0 Å². The molecular weight excluding hydrogens is 378 g/mol. The summed E-state index contributed by atoms with van der Waals surface area (Å²) in [4.78, 5) is 26.0. The molecule has 0 radical (unpaired) electrons. The number of anilines is 1. The summed E-state index contributed by atoms with van der Waals surface area (Å²) in [6.45, 7) is 2.96. The van der Waals surface area contributed by atoms with Gasteiger partial charge in [0.05, 0.1) is 4.90 Å². The van der Waals surface area contributed by atoms with Crippen molar-refractivity contribution in [3.63, 3.8) is 0 Å². The van der Waals surface area contributed by atoms with Crippen molar-refractivity contribution in [2.75, 3.05) is 31.5 Å². The summed E-state index contributed by atoms with van der Waals surface area (Å²) in [6, 6.07) is 6.19. The van der Waals surface area contributed by atoms with Gasteiger partial charge in [-0.2, -0.15) is 4.31 Å². The second-order valence-electron chi connectivity index (χ2n) is 8.07. The lowest BCUT2D eigenvalue weighted by Gasteiger charge is -2.34. The largest absolute Gasteiger partial charge is 0.340 e. The first-order chi connectivity index (χ1) is 13.4. The fraction of sp³-hybridized carbons (Fsp3) is 0.600. The zero-order chi connectivity index (χ0) is 19.9. The third-order valence-corrected chi connectivity index (χ3v) is 8.22. The molecule has 3 fully saturated rings. The Morgan fingerprint density at radius 1 is 0.964 bits per heavy atom. The molecule has 8 heteroatoms. The molecule has 2 saturated carbocycles. The van der Waals surface area contributed by atoms with Crippen LogP contribution in [-0.2, 0) is 19.6 Å². The summed E-state index contributed by atoms with van der Waals surface area (Å²) in [5.74, 6) is 1.36. The van der Waals surface area contributed by atoms with Gasteiger partial charge in [0.15, 0.2) is 0 Å². The van der Waals surface area contributed by atoms with Crippen LogP contribution < -0.4 is 5.32 Å². The molecule has 0 bridgehead atoms. The molecule has 0 aromatic heterocycles. The van der Waals surface area contributed by atoms with Crippen LogP contribution in [0.4, 0.5) is 5.69 Å². The second-order valence-corrected chi connectivity index (χ2v) is 10.0. The highest BCUT2D eigenvalue weighted by Crippen LogP contribution is 2.56. The monoisotopic (exact) mass is 405 g/mol. The molecule has 3 aliphatic rings. The van der Waals surface area contributed by atoms with Gasteiger partial charge < -0.3 is 10.2 Å². The van der Waals surface area contributed by atoms with Crippen LogP contribution in [0.1, 0.15) is 32.6 Å². The lowest BCUT2D eigenvalue weighted by molar-refractivity contribution is -0.134. The number of nitrogens with one attached hydrogen (secondary N) is 1. The number of hydrogen-bond donors (Lipinski definition) is 1. The van der Waals surface area contributed by atoms with Crippen LogP contribution in [0.5, 0.6) is 0 Å². The van der Waals surface area contributed by atoms with Gasteiger partial charge in [-0.1, -0.05) is 12.8 Å². The summed E-state index contributed by atoms with van der Waals surface area (Å²) in [6.07, 6.45) is 4.81. The lowest BCUT2D eigenvalue weighted by atomic mass is 10.0. The van der Waals surface area contributed by atoms with E-state index in [1.807, 2.05) is 4.90 Å². The average molecular weight is 406 g/mol. The van der Waals surface area contributed by atoms with Crippen molar-refractivity contribution in [1.82, 2.24) is 9.21 Å². The molecule has 1 N–H and O–H groups in total. The Morgan fingerprint density at radius 2 is 1.54 bits per heavy atom. The van der Waals surface area contributed by atoms with Crippen molar-refractivity contribution in [3.05, 3.63) is 24.3 Å². The Hall–Kier alpha value is -1.93. The smallest absolute Gasteiger partial charge is 0.243 e. The number of nitrogens with zero attached hydrogens (tertiary/aromatic N) is 2. The number of carbonyl (C=O) groups is 2. The molecule has 2 aliphatic carbocycles. The second kappa shape index (κ2) is 7.48. The Bertz CT molecular complexity index is 848. The average Bonchev–Trinajstić information content (AvgIpc) is 3.42. The van der Waals surface area contributed by atoms with E-state index in [1.165, 1.54) is 49.0 Å². The van der Waals surface area contributed by atoms with Crippen molar-refractivity contribution >= 4 is 27.5 Å². The number of fused-ring (bicyclic) bond motifs is 1. The van der Waals surface area contributed by atoms with Crippen LogP contribution in [0, 0.1) is 17.8 Å². The third-order valence-electron chi connectivity index (χ3n) is 6.30. The van der Waals surface area contributed by atoms with Crippen LogP contribution in [0.3, 0.4) is 0 Å². The maximum Gasteiger partial charge on any atom is 0.243 e. The summed E-state index contributed by atoms with van der Waals surface area (Å²) in [5, 5.41) is 2.63. The van der Waals surface area contributed by atoms with Gasteiger partial charge in [-0.3, -0.25) is 9.59 Å². The van der Waals surface area contributed by atoms with Gasteiger partial charge in [-0.15, -0.1) is 0 Å². The minimum atomic E-state index is -3.60. The van der Waals surface area contributed by atoms with Crippen molar-refractivity contribution in [2.24, 2.45) is 17.8 Å². The van der Waals surface area contributed by atoms with Crippen molar-refractivity contribution in [2.45, 2.75) is 37.5 Å². The van der Waals surface area contributed by atoms with Crippen LogP contribution >= 0.6 is 0 Å². The number of rotatable bonds is 4. The first kappa shape index (κ1) is 19.4. The maximum atomic E-state index is 12.9. The van der Waals surface area contributed by atoms with Gasteiger partial charge >= 0.3 is 0 Å². The van der Waals surface area contributed by atoms with E-state index in [2.05, 4.69) is 5.32 Å². The van der Waals surface area contributed by atoms with Crippen LogP contribution in [0.2, 0.25) is 0 Å². The van der Waals surface area contributed by atoms with Gasteiger partial charge in [0.1, 0.15) is 0 Å². The number of hydrogen-bond acceptors (Lipinski definition) is 4. The summed E-state index contributed by atoms with van der Waals surface area (Å²) >= 11 is 0. The van der Waals surface area contributed by atoms with E-state index in [0.29, 0.717) is 43.7 Å². The predicted molar refractivity (Wildman–Crippen MR) is 105 cm³/mol. The number of amides is 2. The first-order valence-electron chi connectivity index (χ1n) is 10.0. The molecule has 1 aromatic carbocycles. The fourth-order valence-electron chi connectivity index (χ4n) is 4.78. The quantitative estimate of drug-likeness (QED) is 0.829. The van der Waals surface area contributed by atoms with E-state index in [0.717, 1.165) is 0 Å². The lowest BCUT2D eigenvalue weighted by Crippen LogP contribution is -2.51. The molecule has 1 aliphatic heterocycles. The molecule has 1 saturated heterocycles. The molecule has 0 spiro atoms. The fourth-order valence-corrected chi connectivity index (χ4v) is 6.20. The Balaban J connectivity index is 1.36. The molecule has 2 atom stereocenters. The molecular formula is C20H27N3O4S. The predicted octanol–water partition coefficient (Wildman–Crippen LogP) is 1.91. The molecule has 2 amide bonds. The highest BCUT2D eigenvalue weighted by Gasteiger charge is 2.55. The summed E-state index contributed by atoms with van der Waals surface area (Å²) in [5.41, 5.74) is 0.563. The minimum absolute atomic E-state index is 0.187. The zero-order valence-electron chi connectivity index (χ0n) is 16.1. The summed E-state index contributed by atoms with van der Waals surface area (Å²) in [7, 11) is -3.60. The number of carbonyl (C=O) groups excluding carboxylic acids is 2. The standard InChI is InChI=1S/C20H27N3O4S/c1-14(24)21-15-6-8-16(9-7-15)28(26,27)23-12-10-22(11-13-23)20(25)19-17-4-2-3-5-18(17)19/h6-9,17-19H,2-5,10-13H2,1H3,(H,21,24)/t17-,18-/m0/s1. The minimum Gasteiger partial charge on any atom is -0.340 e. The molecule has 1 heterocycles. The zero-order valence-corrected chi connectivity index (χ0v) is 17.0. The van der Waals surface area contributed by atoms with Gasteiger partial charge in [0.25, 0.3) is 0 Å². The Morgan fingerprint density at radius 3 is 2.07 bits per heavy atom. The molecule has 4 rings (SSSR count). The van der Waals surface area contributed by atoms with E-state index >= 15 is 0 Å². The van der Waals surface area contributed by atoms with E-state index in [1.54, 1.807) is 12.1 Å². The summed E-state index contributed by atoms with van der Waals surface area (Å²) < 4.78 is 27.2. The van der Waals surface area contributed by atoms with Crippen LogP contribution in [0.25, 0.3) is 0 Å². The number of benzene rings is 1. The highest BCUT2D eigenvalue weighted by molar-refractivity contribution is 7.89. The van der Waals surface area contributed by atoms with E-state index < -0.39 is 10.0 Å². The van der Waals surface area contributed by atoms with E-state index in [-0.39, 0.29) is 22.6 Å². The highest BCUT2D eigenvalue weighted by atomic mass is 32.2. The Kier molecular flexibility index (Phi) is 5.18. The van der Waals surface area contributed by atoms with Gasteiger partial charge in [-0.25, -0.2) is 8.42 Å². The first-order valence-corrected chi connectivity index (χ1v) is 11.5. The van der Waals surface area contributed by atoms with Crippen LogP contribution in [0.15, 0.2) is 29.2 Å². The van der Waals surface area contributed by atoms with Crippen molar-refractivity contribution in [1.29, 1.82) is 0 Å². The van der Waals surface area contributed by atoms with Crippen molar-refractivity contribution < 1.29 is 18.0 Å². The van der Waals surface area contributed by atoms with E-state index in [9.17, 15) is 18.0 Å². The topological polar surface area (TPSA) is 86.8 Å². The number of sulfonamides is 1. The van der Waals surface area contributed by atoms with E-state index in [4.69, 9.17) is 0 Å². The van der Waals surface area contributed by atoms with Gasteiger partial charge in [0.2, 0.25) is 21.8 Å². The third kappa shape index (κ3) is 3.67. The van der Waals surface area contributed by atoms with Gasteiger partial charge in [-0.05, 0) is 48.9 Å². The normalized spacial score (nSPS) is 27.8. The molecule has 1 aromatic rings. The number of piperazine rings is 1. The molecule has 0 unspecified atom stereocenters. The SMILES string of the molecule is CC(=O)Nc1ccc(S(=O)(=O)N2CCN(C(=O)C3[C@H]4CCCC[C@H]34)CC2)cc1. The van der Waals surface area contributed by atoms with Crippen LogP contribution in [-0.4, -0.2) is 55.6 Å². The molecule has 152 valence electrons.